The van der Waals surface area contributed by atoms with E-state index in [9.17, 15) is 13.2 Å². The Morgan fingerprint density at radius 3 is 2.47 bits per heavy atom. The summed E-state index contributed by atoms with van der Waals surface area (Å²) in [5, 5.41) is 3.23. The number of carbonyl (C=O) groups is 1. The van der Waals surface area contributed by atoms with Crippen LogP contribution in [0, 0.1) is 6.92 Å². The predicted octanol–water partition coefficient (Wildman–Crippen LogP) is 5.55. The number of fused-ring (bicyclic) bond motifs is 2. The molecule has 0 unspecified atom stereocenters. The predicted molar refractivity (Wildman–Crippen MR) is 167 cm³/mol. The van der Waals surface area contributed by atoms with E-state index in [2.05, 4.69) is 5.32 Å². The minimum Gasteiger partial charge on any atom is -0.494 e. The summed E-state index contributed by atoms with van der Waals surface area (Å²) in [6.45, 7) is 1.98. The van der Waals surface area contributed by atoms with Gasteiger partial charge in [-0.15, -0.1) is 0 Å². The summed E-state index contributed by atoms with van der Waals surface area (Å²) in [4.78, 5) is 22.9. The number of sulfonamides is 1. The number of amides is 1. The molecule has 6 aromatic rings. The minimum absolute atomic E-state index is 0.335. The van der Waals surface area contributed by atoms with Gasteiger partial charge in [-0.1, -0.05) is 35.9 Å². The molecule has 2 aromatic carbocycles. The second-order valence-corrected chi connectivity index (χ2v) is 12.2. The van der Waals surface area contributed by atoms with Crippen LogP contribution in [0.3, 0.4) is 0 Å². The van der Waals surface area contributed by atoms with Gasteiger partial charge in [-0.05, 0) is 37.3 Å². The number of hydrogen-bond donors (Lipinski definition) is 1. The molecule has 0 aliphatic heterocycles. The molecule has 0 saturated heterocycles. The third-order valence-electron chi connectivity index (χ3n) is 7.37. The molecule has 43 heavy (non-hydrogen) atoms. The Bertz CT molecular complexity index is 2100. The lowest BCUT2D eigenvalue weighted by atomic mass is 10.00. The fourth-order valence-corrected chi connectivity index (χ4v) is 5.54. The van der Waals surface area contributed by atoms with Crippen LogP contribution in [-0.4, -0.2) is 56.2 Å². The van der Waals surface area contributed by atoms with Gasteiger partial charge in [0, 0.05) is 49.1 Å². The fourth-order valence-electron chi connectivity index (χ4n) is 5.03. The van der Waals surface area contributed by atoms with Gasteiger partial charge in [0.15, 0.2) is 0 Å². The van der Waals surface area contributed by atoms with E-state index in [-0.39, 0.29) is 5.91 Å². The second kappa shape index (κ2) is 10.6. The van der Waals surface area contributed by atoms with Crippen molar-refractivity contribution in [2.75, 3.05) is 31.8 Å². The lowest BCUT2D eigenvalue weighted by Crippen LogP contribution is -2.25. The van der Waals surface area contributed by atoms with Crippen molar-refractivity contribution in [1.29, 1.82) is 0 Å². The van der Waals surface area contributed by atoms with Crippen molar-refractivity contribution in [3.05, 3.63) is 90.3 Å². The van der Waals surface area contributed by atoms with E-state index in [1.54, 1.807) is 38.4 Å². The van der Waals surface area contributed by atoms with E-state index in [1.165, 1.54) is 11.4 Å². The molecule has 11 heteroatoms. The second-order valence-electron chi connectivity index (χ2n) is 10.2. The van der Waals surface area contributed by atoms with Crippen LogP contribution < -0.4 is 14.4 Å². The highest BCUT2D eigenvalue weighted by Crippen LogP contribution is 2.42. The molecule has 0 atom stereocenters. The first-order valence-electron chi connectivity index (χ1n) is 13.4. The molecule has 218 valence electrons. The summed E-state index contributed by atoms with van der Waals surface area (Å²) in [7, 11) is 0.893. The standard InChI is InChI=1S/C32H29N5O5S/c1-19-9-11-20(12-10-19)31-29(32(38)33-2)22-16-21(25(17-27(22)42-31)36(3)43(5,39)40)23-13-14-26(41-4)30(35-23)24-18-37-15-7-6-8-28(37)34-24/h6-18H,1-5H3,(H,33,38). The zero-order chi connectivity index (χ0) is 30.5. The minimum atomic E-state index is -3.68. The van der Waals surface area contributed by atoms with Crippen molar-refractivity contribution < 1.29 is 22.4 Å². The van der Waals surface area contributed by atoms with E-state index in [0.29, 0.717) is 56.4 Å². The zero-order valence-corrected chi connectivity index (χ0v) is 25.1. The summed E-state index contributed by atoms with van der Waals surface area (Å²) in [6.07, 6.45) is 4.87. The van der Waals surface area contributed by atoms with E-state index in [4.69, 9.17) is 19.1 Å². The van der Waals surface area contributed by atoms with Crippen LogP contribution >= 0.6 is 0 Å². The van der Waals surface area contributed by atoms with Gasteiger partial charge in [0.2, 0.25) is 10.0 Å². The molecule has 1 amide bonds. The van der Waals surface area contributed by atoms with Gasteiger partial charge >= 0.3 is 0 Å². The molecule has 0 bridgehead atoms. The number of imidazole rings is 1. The van der Waals surface area contributed by atoms with Crippen LogP contribution in [0.15, 0.2) is 83.5 Å². The summed E-state index contributed by atoms with van der Waals surface area (Å²) in [5.74, 6) is 0.549. The van der Waals surface area contributed by atoms with E-state index in [1.807, 2.05) is 66.2 Å². The molecule has 4 aromatic heterocycles. The maximum Gasteiger partial charge on any atom is 0.255 e. The number of aromatic nitrogens is 3. The topological polar surface area (TPSA) is 119 Å². The molecule has 10 nitrogen and oxygen atoms in total. The number of carbonyl (C=O) groups excluding carboxylic acids is 1. The highest BCUT2D eigenvalue weighted by molar-refractivity contribution is 7.92. The van der Waals surface area contributed by atoms with Crippen molar-refractivity contribution in [2.24, 2.45) is 0 Å². The van der Waals surface area contributed by atoms with Gasteiger partial charge in [0.25, 0.3) is 5.91 Å². The van der Waals surface area contributed by atoms with Crippen LogP contribution in [-0.2, 0) is 10.0 Å². The van der Waals surface area contributed by atoms with Crippen molar-refractivity contribution in [3.8, 4) is 39.7 Å². The first kappa shape index (κ1) is 28.0. The number of nitrogens with one attached hydrogen (secondary N) is 1. The summed E-state index contributed by atoms with van der Waals surface area (Å²) in [5.41, 5.74) is 5.56. The van der Waals surface area contributed by atoms with Gasteiger partial charge < -0.3 is 18.9 Å². The molecular weight excluding hydrogens is 566 g/mol. The summed E-state index contributed by atoms with van der Waals surface area (Å²) < 4.78 is 40.5. The highest BCUT2D eigenvalue weighted by atomic mass is 32.2. The molecule has 1 N–H and O–H groups in total. The monoisotopic (exact) mass is 595 g/mol. The highest BCUT2D eigenvalue weighted by Gasteiger charge is 2.27. The van der Waals surface area contributed by atoms with Gasteiger partial charge in [0.05, 0.1) is 30.3 Å². The Balaban J connectivity index is 1.64. The molecule has 0 saturated carbocycles. The number of rotatable bonds is 7. The number of methoxy groups -OCH3 is 1. The number of ether oxygens (including phenoxy) is 1. The third kappa shape index (κ3) is 4.97. The Morgan fingerprint density at radius 1 is 1.02 bits per heavy atom. The SMILES string of the molecule is CNC(=O)c1c(-c2ccc(C)cc2)oc2cc(N(C)S(C)(=O)=O)c(-c3ccc(OC)c(-c4cn5ccccc5n4)n3)cc12. The number of hydrogen-bond acceptors (Lipinski definition) is 7. The van der Waals surface area contributed by atoms with Gasteiger partial charge in [-0.25, -0.2) is 18.4 Å². The number of anilines is 1. The van der Waals surface area contributed by atoms with Crippen molar-refractivity contribution in [2.45, 2.75) is 6.92 Å². The van der Waals surface area contributed by atoms with Crippen LogP contribution in [0.5, 0.6) is 5.75 Å². The quantitative estimate of drug-likeness (QED) is 0.257. The molecule has 0 aliphatic rings. The number of pyridine rings is 2. The first-order chi connectivity index (χ1) is 20.6. The molecule has 6 rings (SSSR count). The summed E-state index contributed by atoms with van der Waals surface area (Å²) in [6, 6.07) is 20.2. The Kier molecular flexibility index (Phi) is 6.89. The molecule has 0 aliphatic carbocycles. The van der Waals surface area contributed by atoms with E-state index < -0.39 is 10.0 Å². The Hall–Kier alpha value is -5.16. The Morgan fingerprint density at radius 2 is 1.79 bits per heavy atom. The maximum atomic E-state index is 13.3. The smallest absolute Gasteiger partial charge is 0.255 e. The molecule has 4 heterocycles. The third-order valence-corrected chi connectivity index (χ3v) is 8.56. The van der Waals surface area contributed by atoms with Crippen molar-refractivity contribution in [1.82, 2.24) is 19.7 Å². The fraction of sp³-hybridized carbons (Fsp3) is 0.156. The van der Waals surface area contributed by atoms with Crippen LogP contribution in [0.25, 0.3) is 50.6 Å². The largest absolute Gasteiger partial charge is 0.494 e. The first-order valence-corrected chi connectivity index (χ1v) is 15.3. The molecule has 0 radical (unpaired) electrons. The molecular formula is C32H29N5O5S. The van der Waals surface area contributed by atoms with Gasteiger partial charge in [0.1, 0.15) is 34.1 Å². The lowest BCUT2D eigenvalue weighted by molar-refractivity contribution is 0.0964. The maximum absolute atomic E-state index is 13.3. The Labute approximate surface area is 248 Å². The van der Waals surface area contributed by atoms with Gasteiger partial charge in [-0.2, -0.15) is 0 Å². The number of aryl methyl sites for hydroxylation is 1. The van der Waals surface area contributed by atoms with Crippen LogP contribution in [0.2, 0.25) is 0 Å². The van der Waals surface area contributed by atoms with Crippen molar-refractivity contribution >= 4 is 38.2 Å². The van der Waals surface area contributed by atoms with E-state index >= 15 is 0 Å². The average Bonchev–Trinajstić information content (AvgIpc) is 3.61. The number of nitrogens with zero attached hydrogens (tertiary/aromatic N) is 4. The van der Waals surface area contributed by atoms with Crippen LogP contribution in [0.1, 0.15) is 15.9 Å². The van der Waals surface area contributed by atoms with Gasteiger partial charge in [-0.3, -0.25) is 9.10 Å². The number of furan rings is 1. The molecule has 0 fully saturated rings. The van der Waals surface area contributed by atoms with E-state index in [0.717, 1.165) is 23.0 Å². The lowest BCUT2D eigenvalue weighted by Gasteiger charge is -2.20. The summed E-state index contributed by atoms with van der Waals surface area (Å²) >= 11 is 0. The normalized spacial score (nSPS) is 11.7. The average molecular weight is 596 g/mol. The van der Waals surface area contributed by atoms with Crippen LogP contribution in [0.4, 0.5) is 5.69 Å². The number of benzene rings is 2. The molecule has 0 spiro atoms. The van der Waals surface area contributed by atoms with Crippen molar-refractivity contribution in [3.63, 3.8) is 0 Å². The zero-order valence-electron chi connectivity index (χ0n) is 24.2.